The molecule has 1 amide bonds. The van der Waals surface area contributed by atoms with E-state index >= 15 is 0 Å². The molecule has 2 fully saturated rings. The maximum Gasteiger partial charge on any atom is 0.276 e. The molecule has 0 unspecified atom stereocenters. The summed E-state index contributed by atoms with van der Waals surface area (Å²) in [5.41, 5.74) is 7.25. The summed E-state index contributed by atoms with van der Waals surface area (Å²) >= 11 is 0. The second kappa shape index (κ2) is 6.33. The second-order valence-corrected chi connectivity index (χ2v) is 6.57. The molecule has 0 radical (unpaired) electrons. The Balaban J connectivity index is 1.39. The van der Waals surface area contributed by atoms with Gasteiger partial charge in [0.05, 0.1) is 12.7 Å². The summed E-state index contributed by atoms with van der Waals surface area (Å²) in [5, 5.41) is 7.96. The van der Waals surface area contributed by atoms with E-state index in [4.69, 9.17) is 5.73 Å². The molecule has 2 atom stereocenters. The highest BCUT2D eigenvalue weighted by Crippen LogP contribution is 2.32. The first-order valence-electron chi connectivity index (χ1n) is 8.43. The molecule has 7 nitrogen and oxygen atoms in total. The van der Waals surface area contributed by atoms with Crippen molar-refractivity contribution in [3.8, 4) is 0 Å². The Hall–Kier alpha value is -2.25. The number of benzene rings is 1. The van der Waals surface area contributed by atoms with E-state index in [1.165, 1.54) is 5.56 Å². The number of aromatic nitrogens is 3. The Labute approximate surface area is 141 Å². The van der Waals surface area contributed by atoms with Crippen LogP contribution in [0.2, 0.25) is 0 Å². The van der Waals surface area contributed by atoms with Crippen LogP contribution in [0.5, 0.6) is 0 Å². The van der Waals surface area contributed by atoms with Crippen molar-refractivity contribution in [1.82, 2.24) is 24.8 Å². The fourth-order valence-electron chi connectivity index (χ4n) is 3.79. The van der Waals surface area contributed by atoms with Crippen LogP contribution >= 0.6 is 0 Å². The molecule has 2 bridgehead atoms. The Morgan fingerprint density at radius 2 is 2.04 bits per heavy atom. The van der Waals surface area contributed by atoms with Crippen molar-refractivity contribution in [1.29, 1.82) is 0 Å². The summed E-state index contributed by atoms with van der Waals surface area (Å²) in [7, 11) is 0. The molecular weight excluding hydrogens is 304 g/mol. The lowest BCUT2D eigenvalue weighted by Crippen LogP contribution is -2.48. The maximum atomic E-state index is 12.7. The number of piperazine rings is 1. The molecule has 126 valence electrons. The molecule has 0 saturated carbocycles. The van der Waals surface area contributed by atoms with E-state index in [0.29, 0.717) is 24.8 Å². The third-order valence-corrected chi connectivity index (χ3v) is 4.96. The molecule has 1 aromatic carbocycles. The van der Waals surface area contributed by atoms with Gasteiger partial charge in [0.15, 0.2) is 5.69 Å². The van der Waals surface area contributed by atoms with Crippen molar-refractivity contribution in [3.05, 3.63) is 47.8 Å². The Bertz CT molecular complexity index is 715. The van der Waals surface area contributed by atoms with Gasteiger partial charge in [-0.15, -0.1) is 5.10 Å². The quantitative estimate of drug-likeness (QED) is 0.857. The number of hydrogen-bond acceptors (Lipinski definition) is 5. The van der Waals surface area contributed by atoms with Gasteiger partial charge in [-0.3, -0.25) is 14.4 Å². The number of carbonyl (C=O) groups is 1. The van der Waals surface area contributed by atoms with Crippen molar-refractivity contribution < 1.29 is 4.79 Å². The molecule has 0 spiro atoms. The van der Waals surface area contributed by atoms with Crippen molar-refractivity contribution in [2.45, 2.75) is 31.6 Å². The number of hydrogen-bond donors (Lipinski definition) is 1. The molecule has 2 N–H and O–H groups in total. The number of likely N-dealkylation sites (tertiary alicyclic amines) is 2. The summed E-state index contributed by atoms with van der Waals surface area (Å²) in [5.74, 6) is -0.00914. The molecule has 2 aliphatic rings. The predicted molar refractivity (Wildman–Crippen MR) is 89.2 cm³/mol. The minimum atomic E-state index is -0.00914. The molecule has 1 aromatic heterocycles. The van der Waals surface area contributed by atoms with Crippen LogP contribution in [0.1, 0.15) is 22.5 Å². The van der Waals surface area contributed by atoms with Gasteiger partial charge < -0.3 is 10.6 Å². The van der Waals surface area contributed by atoms with E-state index < -0.39 is 0 Å². The Morgan fingerprint density at radius 1 is 1.21 bits per heavy atom. The number of fused-ring (bicyclic) bond motifs is 2. The molecule has 4 rings (SSSR count). The number of nitrogens with two attached hydrogens (primary N) is 1. The summed E-state index contributed by atoms with van der Waals surface area (Å²) < 4.78 is 1.63. The highest BCUT2D eigenvalue weighted by Gasteiger charge is 2.45. The molecule has 24 heavy (non-hydrogen) atoms. The number of nitrogens with zero attached hydrogens (tertiary/aromatic N) is 5. The van der Waals surface area contributed by atoms with E-state index in [2.05, 4.69) is 39.5 Å². The third kappa shape index (κ3) is 2.81. The fraction of sp³-hybridized carbons (Fsp3) is 0.471. The van der Waals surface area contributed by atoms with Gasteiger partial charge in [-0.2, -0.15) is 0 Å². The average molecular weight is 326 g/mol. The SMILES string of the molecule is NCCn1cc(C(=O)N2C[C@@H]3C[C@H]2CN3Cc2ccccc2)nn1. The topological polar surface area (TPSA) is 80.3 Å². The van der Waals surface area contributed by atoms with Gasteiger partial charge in [0, 0.05) is 38.3 Å². The van der Waals surface area contributed by atoms with Gasteiger partial charge in [-0.05, 0) is 12.0 Å². The van der Waals surface area contributed by atoms with Crippen LogP contribution in [-0.4, -0.2) is 62.4 Å². The van der Waals surface area contributed by atoms with Gasteiger partial charge in [0.25, 0.3) is 5.91 Å². The zero-order valence-electron chi connectivity index (χ0n) is 13.6. The molecule has 2 aromatic rings. The minimum Gasteiger partial charge on any atom is -0.331 e. The largest absolute Gasteiger partial charge is 0.331 e. The van der Waals surface area contributed by atoms with E-state index in [-0.39, 0.29) is 11.9 Å². The fourth-order valence-corrected chi connectivity index (χ4v) is 3.79. The molecule has 0 aliphatic carbocycles. The van der Waals surface area contributed by atoms with Crippen molar-refractivity contribution in [2.24, 2.45) is 5.73 Å². The molecule has 2 aliphatic heterocycles. The van der Waals surface area contributed by atoms with Gasteiger partial charge >= 0.3 is 0 Å². The standard InChI is InChI=1S/C17H22N6O/c18-6-7-22-12-16(19-20-22)17(24)23-11-14-8-15(23)10-21(14)9-13-4-2-1-3-5-13/h1-5,12,14-15H,6-11,18H2/t14-,15-/m0/s1. The summed E-state index contributed by atoms with van der Waals surface area (Å²) in [4.78, 5) is 17.1. The molecule has 2 saturated heterocycles. The van der Waals surface area contributed by atoms with Crippen LogP contribution in [0, 0.1) is 0 Å². The number of amides is 1. The summed E-state index contributed by atoms with van der Waals surface area (Å²) in [6.45, 7) is 3.73. The first-order chi connectivity index (χ1) is 11.7. The smallest absolute Gasteiger partial charge is 0.276 e. The Kier molecular flexibility index (Phi) is 4.03. The minimum absolute atomic E-state index is 0.00914. The van der Waals surface area contributed by atoms with E-state index in [1.54, 1.807) is 10.9 Å². The zero-order valence-corrected chi connectivity index (χ0v) is 13.6. The van der Waals surface area contributed by atoms with Crippen molar-refractivity contribution in [2.75, 3.05) is 19.6 Å². The maximum absolute atomic E-state index is 12.7. The van der Waals surface area contributed by atoms with Gasteiger partial charge in [-0.25, -0.2) is 0 Å². The van der Waals surface area contributed by atoms with E-state index in [1.807, 2.05) is 11.0 Å². The predicted octanol–water partition coefficient (Wildman–Crippen LogP) is 0.336. The van der Waals surface area contributed by atoms with E-state index in [0.717, 1.165) is 26.1 Å². The average Bonchev–Trinajstić information content (AvgIpc) is 3.31. The third-order valence-electron chi connectivity index (χ3n) is 4.96. The van der Waals surface area contributed by atoms with Crippen LogP contribution in [0.25, 0.3) is 0 Å². The molecular formula is C17H22N6O. The monoisotopic (exact) mass is 326 g/mol. The molecule has 7 heteroatoms. The first-order valence-corrected chi connectivity index (χ1v) is 8.43. The molecule has 3 heterocycles. The lowest BCUT2D eigenvalue weighted by molar-refractivity contribution is 0.0610. The van der Waals surface area contributed by atoms with Crippen LogP contribution in [0.3, 0.4) is 0 Å². The highest BCUT2D eigenvalue weighted by atomic mass is 16.2. The van der Waals surface area contributed by atoms with Gasteiger partial charge in [0.2, 0.25) is 0 Å². The Morgan fingerprint density at radius 3 is 2.75 bits per heavy atom. The van der Waals surface area contributed by atoms with Crippen LogP contribution < -0.4 is 5.73 Å². The van der Waals surface area contributed by atoms with E-state index in [9.17, 15) is 4.79 Å². The van der Waals surface area contributed by atoms with Crippen LogP contribution in [-0.2, 0) is 13.1 Å². The number of rotatable bonds is 5. The summed E-state index contributed by atoms with van der Waals surface area (Å²) in [6.07, 6.45) is 2.75. The van der Waals surface area contributed by atoms with Gasteiger partial charge in [-0.1, -0.05) is 35.5 Å². The van der Waals surface area contributed by atoms with Crippen molar-refractivity contribution in [3.63, 3.8) is 0 Å². The first kappa shape index (κ1) is 15.3. The van der Waals surface area contributed by atoms with Crippen LogP contribution in [0.15, 0.2) is 36.5 Å². The zero-order chi connectivity index (χ0) is 16.5. The summed E-state index contributed by atoms with van der Waals surface area (Å²) in [6, 6.07) is 11.2. The second-order valence-electron chi connectivity index (χ2n) is 6.57. The van der Waals surface area contributed by atoms with Crippen LogP contribution in [0.4, 0.5) is 0 Å². The normalized spacial score (nSPS) is 23.1. The lowest BCUT2D eigenvalue weighted by atomic mass is 10.2. The lowest BCUT2D eigenvalue weighted by Gasteiger charge is -2.33. The van der Waals surface area contributed by atoms with Gasteiger partial charge in [0.1, 0.15) is 0 Å². The highest BCUT2D eigenvalue weighted by molar-refractivity contribution is 5.92. The van der Waals surface area contributed by atoms with Crippen molar-refractivity contribution >= 4 is 5.91 Å². The number of carbonyl (C=O) groups excluding carboxylic acids is 1.